The molecule has 0 radical (unpaired) electrons. The van der Waals surface area contributed by atoms with Crippen molar-refractivity contribution in [1.82, 2.24) is 4.90 Å². The van der Waals surface area contributed by atoms with E-state index in [0.717, 1.165) is 25.1 Å². The lowest BCUT2D eigenvalue weighted by molar-refractivity contribution is -0.144. The van der Waals surface area contributed by atoms with Crippen molar-refractivity contribution in [1.29, 1.82) is 0 Å². The van der Waals surface area contributed by atoms with E-state index in [1.165, 1.54) is 10.8 Å². The number of carboxylic acids is 1. The Morgan fingerprint density at radius 1 is 1.24 bits per heavy atom. The van der Waals surface area contributed by atoms with Gasteiger partial charge in [0.15, 0.2) is 0 Å². The summed E-state index contributed by atoms with van der Waals surface area (Å²) in [6.45, 7) is 4.66. The molecule has 0 spiro atoms. The number of aliphatic carboxylic acids is 1. The lowest BCUT2D eigenvalue weighted by Gasteiger charge is -2.36. The summed E-state index contributed by atoms with van der Waals surface area (Å²) in [6.07, 6.45) is 0.920. The van der Waals surface area contributed by atoms with Crippen LogP contribution in [0.5, 0.6) is 0 Å². The van der Waals surface area contributed by atoms with E-state index in [9.17, 15) is 9.90 Å². The van der Waals surface area contributed by atoms with E-state index in [0.29, 0.717) is 6.54 Å². The van der Waals surface area contributed by atoms with Crippen LogP contribution in [0.25, 0.3) is 10.8 Å². The Bertz CT molecular complexity index is 652. The monoisotopic (exact) mass is 283 g/mol. The molecule has 1 aliphatic rings. The van der Waals surface area contributed by atoms with Crippen LogP contribution in [-0.2, 0) is 4.79 Å². The smallest absolute Gasteiger partial charge is 0.308 e. The van der Waals surface area contributed by atoms with Crippen LogP contribution in [0.2, 0.25) is 0 Å². The van der Waals surface area contributed by atoms with E-state index in [4.69, 9.17) is 0 Å². The van der Waals surface area contributed by atoms with Crippen molar-refractivity contribution >= 4 is 16.7 Å². The molecule has 2 atom stereocenters. The van der Waals surface area contributed by atoms with Crippen molar-refractivity contribution in [3.05, 3.63) is 48.0 Å². The first-order valence-corrected chi connectivity index (χ1v) is 7.63. The normalized spacial score (nSPS) is 23.3. The van der Waals surface area contributed by atoms with Gasteiger partial charge in [0.1, 0.15) is 0 Å². The molecule has 1 heterocycles. The largest absolute Gasteiger partial charge is 0.481 e. The summed E-state index contributed by atoms with van der Waals surface area (Å²) in [5.74, 6) is -0.860. The second kappa shape index (κ2) is 5.86. The van der Waals surface area contributed by atoms with Crippen LogP contribution in [-0.4, -0.2) is 35.6 Å². The van der Waals surface area contributed by atoms with Gasteiger partial charge in [-0.3, -0.25) is 4.79 Å². The molecule has 1 aliphatic heterocycles. The van der Waals surface area contributed by atoms with E-state index in [2.05, 4.69) is 42.2 Å². The second-order valence-corrected chi connectivity index (χ2v) is 5.84. The number of rotatable bonds is 3. The third-order valence-corrected chi connectivity index (χ3v) is 4.66. The van der Waals surface area contributed by atoms with Crippen LogP contribution in [0, 0.1) is 5.92 Å². The van der Waals surface area contributed by atoms with Crippen molar-refractivity contribution in [2.45, 2.75) is 19.3 Å². The number of carbonyl (C=O) groups is 1. The molecule has 21 heavy (non-hydrogen) atoms. The third kappa shape index (κ3) is 2.79. The Morgan fingerprint density at radius 2 is 2.00 bits per heavy atom. The molecule has 1 fully saturated rings. The van der Waals surface area contributed by atoms with Crippen LogP contribution in [0.15, 0.2) is 42.5 Å². The van der Waals surface area contributed by atoms with Crippen LogP contribution >= 0.6 is 0 Å². The van der Waals surface area contributed by atoms with Crippen LogP contribution < -0.4 is 0 Å². The van der Waals surface area contributed by atoms with Gasteiger partial charge in [0.2, 0.25) is 0 Å². The number of piperidine rings is 1. The fourth-order valence-electron chi connectivity index (χ4n) is 3.39. The minimum absolute atomic E-state index is 0.120. The number of benzene rings is 2. The Kier molecular flexibility index (Phi) is 3.93. The molecule has 3 heteroatoms. The summed E-state index contributed by atoms with van der Waals surface area (Å²) >= 11 is 0. The Labute approximate surface area is 125 Å². The van der Waals surface area contributed by atoms with Crippen molar-refractivity contribution in [2.75, 3.05) is 19.6 Å². The van der Waals surface area contributed by atoms with Gasteiger partial charge >= 0.3 is 5.97 Å². The fourth-order valence-corrected chi connectivity index (χ4v) is 3.39. The van der Waals surface area contributed by atoms with Crippen molar-refractivity contribution in [3.63, 3.8) is 0 Å². The molecular weight excluding hydrogens is 262 g/mol. The molecule has 2 aromatic rings. The first-order chi connectivity index (χ1) is 10.2. The molecular formula is C18H21NO2. The number of hydrogen-bond donors (Lipinski definition) is 1. The SMILES string of the molecule is CCN1CCC(c2ccc3ccccc3c2)C(C(=O)O)C1. The summed E-state index contributed by atoms with van der Waals surface area (Å²) < 4.78 is 0. The van der Waals surface area contributed by atoms with E-state index < -0.39 is 5.97 Å². The zero-order chi connectivity index (χ0) is 14.8. The molecule has 1 saturated heterocycles. The average Bonchev–Trinajstić information content (AvgIpc) is 2.53. The maximum Gasteiger partial charge on any atom is 0.308 e. The second-order valence-electron chi connectivity index (χ2n) is 5.84. The minimum atomic E-state index is -0.675. The van der Waals surface area contributed by atoms with Gasteiger partial charge in [-0.05, 0) is 41.8 Å². The highest BCUT2D eigenvalue weighted by atomic mass is 16.4. The third-order valence-electron chi connectivity index (χ3n) is 4.66. The van der Waals surface area contributed by atoms with Gasteiger partial charge in [0.05, 0.1) is 5.92 Å². The lowest BCUT2D eigenvalue weighted by atomic mass is 9.80. The summed E-state index contributed by atoms with van der Waals surface area (Å²) in [5, 5.41) is 12.0. The summed E-state index contributed by atoms with van der Waals surface area (Å²) in [7, 11) is 0. The molecule has 3 rings (SSSR count). The van der Waals surface area contributed by atoms with Gasteiger partial charge in [-0.1, -0.05) is 49.4 Å². The molecule has 0 amide bonds. The molecule has 0 saturated carbocycles. The first-order valence-electron chi connectivity index (χ1n) is 7.63. The molecule has 0 bridgehead atoms. The molecule has 2 aromatic carbocycles. The topological polar surface area (TPSA) is 40.5 Å². The minimum Gasteiger partial charge on any atom is -0.481 e. The molecule has 0 aromatic heterocycles. The number of nitrogens with zero attached hydrogens (tertiary/aromatic N) is 1. The van der Waals surface area contributed by atoms with Crippen LogP contribution in [0.3, 0.4) is 0 Å². The number of fused-ring (bicyclic) bond motifs is 1. The van der Waals surface area contributed by atoms with Gasteiger partial charge in [0, 0.05) is 6.54 Å². The van der Waals surface area contributed by atoms with Gasteiger partial charge in [-0.15, -0.1) is 0 Å². The molecule has 0 aliphatic carbocycles. The molecule has 110 valence electrons. The van der Waals surface area contributed by atoms with Crippen LogP contribution in [0.1, 0.15) is 24.8 Å². The van der Waals surface area contributed by atoms with E-state index in [1.54, 1.807) is 0 Å². The fraction of sp³-hybridized carbons (Fsp3) is 0.389. The Balaban J connectivity index is 1.94. The van der Waals surface area contributed by atoms with Gasteiger partial charge in [0.25, 0.3) is 0 Å². The molecule has 1 N–H and O–H groups in total. The molecule has 2 unspecified atom stereocenters. The van der Waals surface area contributed by atoms with Gasteiger partial charge in [-0.25, -0.2) is 0 Å². The lowest BCUT2D eigenvalue weighted by Crippen LogP contribution is -2.42. The average molecular weight is 283 g/mol. The standard InChI is InChI=1S/C18H21NO2/c1-2-19-10-9-16(17(12-19)18(20)21)15-8-7-13-5-3-4-6-14(13)11-15/h3-8,11,16-17H,2,9-10,12H2,1H3,(H,20,21). The maximum atomic E-state index is 11.6. The van der Waals surface area contributed by atoms with Gasteiger partial charge < -0.3 is 10.0 Å². The van der Waals surface area contributed by atoms with E-state index in [1.807, 2.05) is 12.1 Å². The highest BCUT2D eigenvalue weighted by Crippen LogP contribution is 2.34. The van der Waals surface area contributed by atoms with Crippen molar-refractivity contribution in [2.24, 2.45) is 5.92 Å². The Morgan fingerprint density at radius 3 is 2.71 bits per heavy atom. The summed E-state index contributed by atoms with van der Waals surface area (Å²) in [4.78, 5) is 13.9. The summed E-state index contributed by atoms with van der Waals surface area (Å²) in [5.41, 5.74) is 1.16. The number of carboxylic acid groups (broad SMARTS) is 1. The quantitative estimate of drug-likeness (QED) is 0.939. The summed E-state index contributed by atoms with van der Waals surface area (Å²) in [6, 6.07) is 14.6. The Hall–Kier alpha value is -1.87. The maximum absolute atomic E-state index is 11.6. The van der Waals surface area contributed by atoms with E-state index >= 15 is 0 Å². The van der Waals surface area contributed by atoms with Crippen molar-refractivity contribution < 1.29 is 9.90 Å². The predicted molar refractivity (Wildman–Crippen MR) is 84.5 cm³/mol. The van der Waals surface area contributed by atoms with Gasteiger partial charge in [-0.2, -0.15) is 0 Å². The van der Waals surface area contributed by atoms with Crippen molar-refractivity contribution in [3.8, 4) is 0 Å². The number of likely N-dealkylation sites (tertiary alicyclic amines) is 1. The predicted octanol–water partition coefficient (Wildman–Crippen LogP) is 3.35. The highest BCUT2D eigenvalue weighted by Gasteiger charge is 2.34. The van der Waals surface area contributed by atoms with Crippen LogP contribution in [0.4, 0.5) is 0 Å². The molecule has 3 nitrogen and oxygen atoms in total. The zero-order valence-corrected chi connectivity index (χ0v) is 12.3. The zero-order valence-electron chi connectivity index (χ0n) is 12.3. The first kappa shape index (κ1) is 14.1. The van der Waals surface area contributed by atoms with E-state index in [-0.39, 0.29) is 11.8 Å². The number of hydrogen-bond acceptors (Lipinski definition) is 2. The highest BCUT2D eigenvalue weighted by molar-refractivity contribution is 5.83.